The maximum atomic E-state index is 13.4. The first-order chi connectivity index (χ1) is 14.6. The van der Waals surface area contributed by atoms with E-state index in [0.717, 1.165) is 33.6 Å². The van der Waals surface area contributed by atoms with Crippen LogP contribution >= 0.6 is 0 Å². The third-order valence-corrected chi connectivity index (χ3v) is 5.02. The first-order valence-electron chi connectivity index (χ1n) is 9.53. The normalized spacial score (nSPS) is 11.1. The van der Waals surface area contributed by atoms with Crippen molar-refractivity contribution in [3.05, 3.63) is 90.4 Å². The summed E-state index contributed by atoms with van der Waals surface area (Å²) in [5.41, 5.74) is 12.0. The van der Waals surface area contributed by atoms with Gasteiger partial charge in [-0.05, 0) is 67.6 Å². The third kappa shape index (κ3) is 3.08. The summed E-state index contributed by atoms with van der Waals surface area (Å²) in [6, 6.07) is 22.0. The zero-order valence-corrected chi connectivity index (χ0v) is 16.2. The molecular weight excluding hydrogens is 377 g/mol. The molecule has 0 amide bonds. The van der Waals surface area contributed by atoms with Gasteiger partial charge < -0.3 is 5.73 Å². The Hall–Kier alpha value is -4.06. The molecule has 0 radical (unpaired) electrons. The number of aromatic nitrogens is 4. The summed E-state index contributed by atoms with van der Waals surface area (Å²) in [6.45, 7) is 2.04. The molecule has 0 aliphatic rings. The predicted octanol–water partition coefficient (Wildman–Crippen LogP) is 5.18. The molecule has 0 atom stereocenters. The first kappa shape index (κ1) is 18.0. The van der Waals surface area contributed by atoms with Crippen LogP contribution in [0.25, 0.3) is 39.5 Å². The molecule has 0 aliphatic heterocycles. The van der Waals surface area contributed by atoms with Gasteiger partial charge >= 0.3 is 0 Å². The topological polar surface area (TPSA) is 69.6 Å². The molecular formula is C24H18FN5. The van der Waals surface area contributed by atoms with Crippen molar-refractivity contribution in [1.82, 2.24) is 19.5 Å². The van der Waals surface area contributed by atoms with Gasteiger partial charge in [-0.3, -0.25) is 4.57 Å². The van der Waals surface area contributed by atoms with Crippen LogP contribution < -0.4 is 5.73 Å². The van der Waals surface area contributed by atoms with Crippen LogP contribution in [0.4, 0.5) is 10.2 Å². The van der Waals surface area contributed by atoms with E-state index in [4.69, 9.17) is 15.7 Å². The van der Waals surface area contributed by atoms with Gasteiger partial charge in [-0.25, -0.2) is 19.3 Å². The van der Waals surface area contributed by atoms with Crippen LogP contribution in [0.15, 0.2) is 79.0 Å². The lowest BCUT2D eigenvalue weighted by Crippen LogP contribution is -2.02. The zero-order valence-electron chi connectivity index (χ0n) is 16.2. The molecule has 5 nitrogen and oxygen atoms in total. The van der Waals surface area contributed by atoms with Gasteiger partial charge in [0.25, 0.3) is 0 Å². The summed E-state index contributed by atoms with van der Waals surface area (Å²) in [6.07, 6.45) is 1.66. The smallest absolute Gasteiger partial charge is 0.165 e. The largest absolute Gasteiger partial charge is 0.383 e. The molecule has 6 heteroatoms. The average Bonchev–Trinajstić information content (AvgIpc) is 3.13. The minimum absolute atomic E-state index is 0.279. The lowest BCUT2D eigenvalue weighted by Gasteiger charge is -2.11. The van der Waals surface area contributed by atoms with Crippen LogP contribution in [0, 0.1) is 12.7 Å². The number of pyridine rings is 2. The minimum Gasteiger partial charge on any atom is -0.383 e. The maximum Gasteiger partial charge on any atom is 0.165 e. The second kappa shape index (κ2) is 7.08. The average molecular weight is 395 g/mol. The van der Waals surface area contributed by atoms with Crippen LogP contribution in [0.3, 0.4) is 0 Å². The second-order valence-corrected chi connectivity index (χ2v) is 7.09. The van der Waals surface area contributed by atoms with Crippen LogP contribution in [0.5, 0.6) is 0 Å². The molecule has 3 aromatic heterocycles. The van der Waals surface area contributed by atoms with Crippen molar-refractivity contribution in [2.45, 2.75) is 6.92 Å². The Balaban J connectivity index is 1.79. The number of fused-ring (bicyclic) bond motifs is 1. The highest BCUT2D eigenvalue weighted by atomic mass is 19.1. The lowest BCUT2D eigenvalue weighted by molar-refractivity contribution is 0.628. The van der Waals surface area contributed by atoms with Crippen molar-refractivity contribution in [1.29, 1.82) is 0 Å². The van der Waals surface area contributed by atoms with Crippen molar-refractivity contribution in [3.63, 3.8) is 0 Å². The SMILES string of the molecule is Cc1ccc(-n2c(-c3cccnc3N)nc3ccc(-c4ccc(F)cc4)nc32)cc1. The number of rotatable bonds is 3. The predicted molar refractivity (Wildman–Crippen MR) is 117 cm³/mol. The van der Waals surface area contributed by atoms with Gasteiger partial charge in [-0.2, -0.15) is 0 Å². The van der Waals surface area contributed by atoms with Crippen molar-refractivity contribution in [3.8, 4) is 28.3 Å². The minimum atomic E-state index is -0.279. The molecule has 0 bridgehead atoms. The van der Waals surface area contributed by atoms with E-state index in [1.165, 1.54) is 12.1 Å². The highest BCUT2D eigenvalue weighted by Gasteiger charge is 2.18. The molecule has 0 aliphatic carbocycles. The molecule has 2 N–H and O–H groups in total. The molecule has 3 heterocycles. The number of nitrogen functional groups attached to an aromatic ring is 1. The molecule has 0 saturated carbocycles. The standard InChI is InChI=1S/C24H18FN5/c1-15-4-10-18(11-5-15)30-23(19-3-2-14-27-22(19)26)29-21-13-12-20(28-24(21)30)16-6-8-17(25)9-7-16/h2-14H,1H3,(H2,26,27). The fourth-order valence-corrected chi connectivity index (χ4v) is 3.46. The van der Waals surface area contributed by atoms with Crippen LogP contribution in [-0.4, -0.2) is 19.5 Å². The summed E-state index contributed by atoms with van der Waals surface area (Å²) in [5.74, 6) is 0.794. The van der Waals surface area contributed by atoms with Gasteiger partial charge in [0.15, 0.2) is 11.5 Å². The van der Waals surface area contributed by atoms with Gasteiger partial charge in [0.05, 0.1) is 11.3 Å². The van der Waals surface area contributed by atoms with Gasteiger partial charge in [0.2, 0.25) is 0 Å². The number of nitrogens with two attached hydrogens (primary N) is 1. The summed E-state index contributed by atoms with van der Waals surface area (Å²) >= 11 is 0. The Labute approximate surface area is 172 Å². The van der Waals surface area contributed by atoms with Gasteiger partial charge in [0, 0.05) is 17.4 Å². The fourth-order valence-electron chi connectivity index (χ4n) is 3.46. The Morgan fingerprint density at radius 2 is 1.63 bits per heavy atom. The number of hydrogen-bond donors (Lipinski definition) is 1. The van der Waals surface area contributed by atoms with Gasteiger partial charge in [0.1, 0.15) is 17.2 Å². The number of benzene rings is 2. The lowest BCUT2D eigenvalue weighted by atomic mass is 10.1. The Bertz CT molecular complexity index is 1360. The number of nitrogens with zero attached hydrogens (tertiary/aromatic N) is 4. The number of halogens is 1. The molecule has 146 valence electrons. The van der Waals surface area contributed by atoms with Crippen molar-refractivity contribution in [2.24, 2.45) is 0 Å². The second-order valence-electron chi connectivity index (χ2n) is 7.09. The van der Waals surface area contributed by atoms with Crippen molar-refractivity contribution in [2.75, 3.05) is 5.73 Å². The molecule has 0 spiro atoms. The molecule has 2 aromatic carbocycles. The quantitative estimate of drug-likeness (QED) is 0.457. The fraction of sp³-hybridized carbons (Fsp3) is 0.0417. The van der Waals surface area contributed by atoms with E-state index in [9.17, 15) is 4.39 Å². The Morgan fingerprint density at radius 1 is 0.867 bits per heavy atom. The van der Waals surface area contributed by atoms with E-state index < -0.39 is 0 Å². The summed E-state index contributed by atoms with van der Waals surface area (Å²) in [4.78, 5) is 13.9. The van der Waals surface area contributed by atoms with Gasteiger partial charge in [-0.15, -0.1) is 0 Å². The van der Waals surface area contributed by atoms with Crippen molar-refractivity contribution < 1.29 is 4.39 Å². The summed E-state index contributed by atoms with van der Waals surface area (Å²) < 4.78 is 15.3. The number of hydrogen-bond acceptors (Lipinski definition) is 4. The van der Waals surface area contributed by atoms with Crippen molar-refractivity contribution >= 4 is 17.0 Å². The Morgan fingerprint density at radius 3 is 2.37 bits per heavy atom. The highest BCUT2D eigenvalue weighted by molar-refractivity contribution is 5.84. The van der Waals surface area contributed by atoms with Crippen LogP contribution in [0.1, 0.15) is 5.56 Å². The van der Waals surface area contributed by atoms with E-state index in [1.54, 1.807) is 18.3 Å². The molecule has 5 aromatic rings. The van der Waals surface area contributed by atoms with Gasteiger partial charge in [-0.1, -0.05) is 17.7 Å². The third-order valence-electron chi connectivity index (χ3n) is 5.02. The van der Waals surface area contributed by atoms with Crippen LogP contribution in [0.2, 0.25) is 0 Å². The zero-order chi connectivity index (χ0) is 20.7. The maximum absolute atomic E-state index is 13.4. The molecule has 30 heavy (non-hydrogen) atoms. The molecule has 0 unspecified atom stereocenters. The van der Waals surface area contributed by atoms with E-state index >= 15 is 0 Å². The molecule has 5 rings (SSSR count). The van der Waals surface area contributed by atoms with E-state index in [-0.39, 0.29) is 5.82 Å². The summed E-state index contributed by atoms with van der Waals surface area (Å²) in [7, 11) is 0. The Kier molecular flexibility index (Phi) is 4.25. The first-order valence-corrected chi connectivity index (χ1v) is 9.53. The highest BCUT2D eigenvalue weighted by Crippen LogP contribution is 2.31. The van der Waals surface area contributed by atoms with E-state index in [1.807, 2.05) is 60.0 Å². The molecule has 0 saturated heterocycles. The van der Waals surface area contributed by atoms with Crippen LogP contribution in [-0.2, 0) is 0 Å². The number of imidazole rings is 1. The monoisotopic (exact) mass is 395 g/mol. The molecule has 0 fully saturated rings. The summed E-state index contributed by atoms with van der Waals surface area (Å²) in [5, 5.41) is 0. The van der Waals surface area contributed by atoms with E-state index in [0.29, 0.717) is 17.3 Å². The van der Waals surface area contributed by atoms with E-state index in [2.05, 4.69) is 4.98 Å². The number of aryl methyl sites for hydroxylation is 1. The number of anilines is 1.